The summed E-state index contributed by atoms with van der Waals surface area (Å²) in [7, 11) is 0. The topological polar surface area (TPSA) is 39.2 Å². The van der Waals surface area contributed by atoms with Gasteiger partial charge in [-0.1, -0.05) is 6.08 Å². The predicted octanol–water partition coefficient (Wildman–Crippen LogP) is 2.16. The fourth-order valence-corrected chi connectivity index (χ4v) is 1.02. The number of rotatable bonds is 5. The van der Waals surface area contributed by atoms with Gasteiger partial charge in [0.15, 0.2) is 6.29 Å². The molecule has 0 aliphatic heterocycles. The Morgan fingerprint density at radius 1 is 1.57 bits per heavy atom. The standard InChI is InChI=1S/C11H13NO2/c1-3-4-7-14-11-6-5-9(2)12-10(11)8-13/h3,5-6,8H,1,4,7H2,2H3. The van der Waals surface area contributed by atoms with Crippen molar-refractivity contribution >= 4 is 6.29 Å². The first-order chi connectivity index (χ1) is 6.77. The number of ether oxygens (including phenoxy) is 1. The van der Waals surface area contributed by atoms with Gasteiger partial charge in [-0.15, -0.1) is 6.58 Å². The van der Waals surface area contributed by atoms with Gasteiger partial charge in [0.1, 0.15) is 11.4 Å². The van der Waals surface area contributed by atoms with Crippen LogP contribution in [0.25, 0.3) is 0 Å². The van der Waals surface area contributed by atoms with E-state index in [-0.39, 0.29) is 0 Å². The van der Waals surface area contributed by atoms with Gasteiger partial charge in [-0.05, 0) is 25.5 Å². The summed E-state index contributed by atoms with van der Waals surface area (Å²) in [4.78, 5) is 14.7. The van der Waals surface area contributed by atoms with Gasteiger partial charge < -0.3 is 4.74 Å². The fourth-order valence-electron chi connectivity index (χ4n) is 1.02. The van der Waals surface area contributed by atoms with E-state index in [1.165, 1.54) is 0 Å². The lowest BCUT2D eigenvalue weighted by molar-refractivity contribution is 0.111. The second-order valence-electron chi connectivity index (χ2n) is 2.88. The van der Waals surface area contributed by atoms with Crippen molar-refractivity contribution in [3.05, 3.63) is 36.2 Å². The molecule has 0 radical (unpaired) electrons. The third-order valence-corrected chi connectivity index (χ3v) is 1.72. The first-order valence-electron chi connectivity index (χ1n) is 4.44. The lowest BCUT2D eigenvalue weighted by Crippen LogP contribution is -2.01. The van der Waals surface area contributed by atoms with E-state index in [2.05, 4.69) is 11.6 Å². The Morgan fingerprint density at radius 2 is 2.36 bits per heavy atom. The van der Waals surface area contributed by atoms with E-state index in [1.54, 1.807) is 12.1 Å². The number of hydrogen-bond acceptors (Lipinski definition) is 3. The predicted molar refractivity (Wildman–Crippen MR) is 54.7 cm³/mol. The molecule has 14 heavy (non-hydrogen) atoms. The molecule has 0 spiro atoms. The van der Waals surface area contributed by atoms with Gasteiger partial charge in [0.25, 0.3) is 0 Å². The van der Waals surface area contributed by atoms with Crippen molar-refractivity contribution in [2.75, 3.05) is 6.61 Å². The molecule has 0 aromatic carbocycles. The molecule has 0 saturated heterocycles. The second kappa shape index (κ2) is 5.17. The van der Waals surface area contributed by atoms with Crippen LogP contribution < -0.4 is 4.74 Å². The van der Waals surface area contributed by atoms with Crippen LogP contribution in [0.5, 0.6) is 5.75 Å². The van der Waals surface area contributed by atoms with Crippen LogP contribution in [0, 0.1) is 6.92 Å². The molecule has 0 fully saturated rings. The van der Waals surface area contributed by atoms with Gasteiger partial charge in [0.2, 0.25) is 0 Å². The fraction of sp³-hybridized carbons (Fsp3) is 0.273. The van der Waals surface area contributed by atoms with Gasteiger partial charge >= 0.3 is 0 Å². The molecule has 3 nitrogen and oxygen atoms in total. The summed E-state index contributed by atoms with van der Waals surface area (Å²) in [6.07, 6.45) is 3.23. The van der Waals surface area contributed by atoms with Crippen LogP contribution in [-0.2, 0) is 0 Å². The maximum absolute atomic E-state index is 10.6. The highest BCUT2D eigenvalue weighted by Gasteiger charge is 2.03. The SMILES string of the molecule is C=CCCOc1ccc(C)nc1C=O. The summed E-state index contributed by atoms with van der Waals surface area (Å²) in [5, 5.41) is 0. The monoisotopic (exact) mass is 191 g/mol. The average Bonchev–Trinajstić information content (AvgIpc) is 2.20. The minimum atomic E-state index is 0.356. The molecule has 3 heteroatoms. The van der Waals surface area contributed by atoms with Crippen LogP contribution in [0.15, 0.2) is 24.8 Å². The summed E-state index contributed by atoms with van der Waals surface area (Å²) in [5.41, 5.74) is 1.16. The third-order valence-electron chi connectivity index (χ3n) is 1.72. The molecule has 0 bridgehead atoms. The number of aryl methyl sites for hydroxylation is 1. The molecule has 0 aliphatic carbocycles. The zero-order valence-electron chi connectivity index (χ0n) is 8.19. The molecule has 0 unspecified atom stereocenters. The quantitative estimate of drug-likeness (QED) is 0.406. The molecule has 0 saturated carbocycles. The molecule has 1 heterocycles. The van der Waals surface area contributed by atoms with Crippen molar-refractivity contribution in [2.45, 2.75) is 13.3 Å². The molecule has 74 valence electrons. The number of nitrogens with zero attached hydrogens (tertiary/aromatic N) is 1. The highest BCUT2D eigenvalue weighted by molar-refractivity contribution is 5.76. The smallest absolute Gasteiger partial charge is 0.172 e. The van der Waals surface area contributed by atoms with E-state index < -0.39 is 0 Å². The summed E-state index contributed by atoms with van der Waals surface area (Å²) in [6.45, 7) is 5.94. The second-order valence-corrected chi connectivity index (χ2v) is 2.88. The van der Waals surface area contributed by atoms with Crippen LogP contribution in [-0.4, -0.2) is 17.9 Å². The molecule has 0 N–H and O–H groups in total. The van der Waals surface area contributed by atoms with E-state index in [0.717, 1.165) is 12.1 Å². The number of aromatic nitrogens is 1. The molecule has 0 aliphatic rings. The molecule has 1 aromatic heterocycles. The van der Waals surface area contributed by atoms with Gasteiger partial charge in [0, 0.05) is 5.69 Å². The van der Waals surface area contributed by atoms with Gasteiger partial charge in [0.05, 0.1) is 6.61 Å². The highest BCUT2D eigenvalue weighted by atomic mass is 16.5. The average molecular weight is 191 g/mol. The number of aldehydes is 1. The molecule has 1 aromatic rings. The largest absolute Gasteiger partial charge is 0.491 e. The van der Waals surface area contributed by atoms with Gasteiger partial charge in [-0.25, -0.2) is 4.98 Å². The van der Waals surface area contributed by atoms with Crippen molar-refractivity contribution in [3.8, 4) is 5.75 Å². The number of carbonyl (C=O) groups excluding carboxylic acids is 1. The lowest BCUT2D eigenvalue weighted by Gasteiger charge is -2.06. The van der Waals surface area contributed by atoms with Gasteiger partial charge in [-0.2, -0.15) is 0 Å². The minimum absolute atomic E-state index is 0.356. The molecular formula is C11H13NO2. The van der Waals surface area contributed by atoms with Crippen molar-refractivity contribution < 1.29 is 9.53 Å². The minimum Gasteiger partial charge on any atom is -0.491 e. The summed E-state index contributed by atoms with van der Waals surface area (Å²) in [5.74, 6) is 0.535. The van der Waals surface area contributed by atoms with Crippen LogP contribution in [0.1, 0.15) is 22.6 Å². The summed E-state index contributed by atoms with van der Waals surface area (Å²) in [6, 6.07) is 3.57. The lowest BCUT2D eigenvalue weighted by atomic mass is 10.3. The van der Waals surface area contributed by atoms with Gasteiger partial charge in [-0.3, -0.25) is 4.79 Å². The zero-order valence-corrected chi connectivity index (χ0v) is 8.19. The summed E-state index contributed by atoms with van der Waals surface area (Å²) >= 11 is 0. The van der Waals surface area contributed by atoms with Crippen LogP contribution in [0.3, 0.4) is 0 Å². The molecule has 1 rings (SSSR count). The normalized spacial score (nSPS) is 9.50. The maximum atomic E-state index is 10.6. The summed E-state index contributed by atoms with van der Waals surface area (Å²) < 4.78 is 5.36. The number of pyridine rings is 1. The Balaban J connectivity index is 2.74. The number of hydrogen-bond donors (Lipinski definition) is 0. The van der Waals surface area contributed by atoms with Crippen LogP contribution in [0.4, 0.5) is 0 Å². The van der Waals surface area contributed by atoms with Crippen molar-refractivity contribution in [3.63, 3.8) is 0 Å². The molecule has 0 atom stereocenters. The van der Waals surface area contributed by atoms with Crippen LogP contribution >= 0.6 is 0 Å². The zero-order chi connectivity index (χ0) is 10.4. The Hall–Kier alpha value is -1.64. The number of carbonyl (C=O) groups is 1. The van der Waals surface area contributed by atoms with Crippen molar-refractivity contribution in [2.24, 2.45) is 0 Å². The Kier molecular flexibility index (Phi) is 3.85. The Bertz CT molecular complexity index is 334. The first-order valence-corrected chi connectivity index (χ1v) is 4.44. The van der Waals surface area contributed by atoms with E-state index in [0.29, 0.717) is 24.3 Å². The Morgan fingerprint density at radius 3 is 3.00 bits per heavy atom. The van der Waals surface area contributed by atoms with E-state index >= 15 is 0 Å². The third kappa shape index (κ3) is 2.69. The maximum Gasteiger partial charge on any atom is 0.172 e. The molecular weight excluding hydrogens is 178 g/mol. The van der Waals surface area contributed by atoms with Crippen molar-refractivity contribution in [1.29, 1.82) is 0 Å². The van der Waals surface area contributed by atoms with E-state index in [1.807, 2.05) is 13.0 Å². The molecule has 0 amide bonds. The van der Waals surface area contributed by atoms with Crippen LogP contribution in [0.2, 0.25) is 0 Å². The highest BCUT2D eigenvalue weighted by Crippen LogP contribution is 2.14. The van der Waals surface area contributed by atoms with E-state index in [4.69, 9.17) is 4.74 Å². The first kappa shape index (κ1) is 10.4. The van der Waals surface area contributed by atoms with E-state index in [9.17, 15) is 4.79 Å². The van der Waals surface area contributed by atoms with Crippen molar-refractivity contribution in [1.82, 2.24) is 4.98 Å². The Labute approximate surface area is 83.4 Å².